The molecule has 7 heteroatoms. The number of hydrogen-bond donors (Lipinski definition) is 0. The number of rotatable bonds is 11. The van der Waals surface area contributed by atoms with E-state index in [1.54, 1.807) is 10.7 Å². The van der Waals surface area contributed by atoms with E-state index < -0.39 is 18.4 Å². The van der Waals surface area contributed by atoms with Crippen molar-refractivity contribution >= 4 is 56.3 Å². The van der Waals surface area contributed by atoms with Gasteiger partial charge in [-0.3, -0.25) is 0 Å². The third-order valence-electron chi connectivity index (χ3n) is 5.33. The first-order valence-electron chi connectivity index (χ1n) is 10.1. The molecular formula is C20H30ClFIN3Sn. The molecule has 0 atom stereocenters. The fraction of sp³-hybridized carbons (Fsp3) is 0.600. The first-order chi connectivity index (χ1) is 13.0. The van der Waals surface area contributed by atoms with Gasteiger partial charge in [0, 0.05) is 0 Å². The fourth-order valence-corrected chi connectivity index (χ4v) is 19.7. The number of halogens is 3. The molecule has 3 nitrogen and oxygen atoms in total. The van der Waals surface area contributed by atoms with E-state index in [0.717, 1.165) is 5.69 Å². The second-order valence-corrected chi connectivity index (χ2v) is 21.9. The Hall–Kier alpha value is 0.109. The van der Waals surface area contributed by atoms with Crippen LogP contribution in [0.1, 0.15) is 59.3 Å². The van der Waals surface area contributed by atoms with Gasteiger partial charge in [0.2, 0.25) is 0 Å². The summed E-state index contributed by atoms with van der Waals surface area (Å²) in [7, 11) is 0. The molecule has 0 amide bonds. The molecular weight excluding hydrogens is 582 g/mol. The zero-order valence-electron chi connectivity index (χ0n) is 16.6. The molecule has 1 aromatic heterocycles. The maximum atomic E-state index is 14.2. The predicted molar refractivity (Wildman–Crippen MR) is 124 cm³/mol. The van der Waals surface area contributed by atoms with E-state index in [0.29, 0.717) is 3.57 Å². The first-order valence-corrected chi connectivity index (χ1v) is 19.0. The van der Waals surface area contributed by atoms with Crippen molar-refractivity contribution in [1.29, 1.82) is 0 Å². The normalized spacial score (nSPS) is 11.9. The monoisotopic (exact) mass is 613 g/mol. The summed E-state index contributed by atoms with van der Waals surface area (Å²) in [6.45, 7) is 6.81. The molecule has 0 N–H and O–H groups in total. The van der Waals surface area contributed by atoms with Crippen molar-refractivity contribution in [2.24, 2.45) is 0 Å². The van der Waals surface area contributed by atoms with Gasteiger partial charge in [-0.25, -0.2) is 0 Å². The molecule has 0 radical (unpaired) electrons. The number of aromatic nitrogens is 3. The zero-order valence-corrected chi connectivity index (χ0v) is 22.3. The Kier molecular flexibility index (Phi) is 9.82. The molecule has 0 fully saturated rings. The third kappa shape index (κ3) is 5.81. The average Bonchev–Trinajstić information content (AvgIpc) is 3.16. The topological polar surface area (TPSA) is 30.7 Å². The van der Waals surface area contributed by atoms with E-state index >= 15 is 0 Å². The van der Waals surface area contributed by atoms with E-state index in [9.17, 15) is 4.39 Å². The first kappa shape index (κ1) is 23.4. The Balaban J connectivity index is 2.43. The van der Waals surface area contributed by atoms with Crippen LogP contribution in [-0.2, 0) is 0 Å². The van der Waals surface area contributed by atoms with Crippen LogP contribution in [0.25, 0.3) is 5.69 Å². The predicted octanol–water partition coefficient (Wildman–Crippen LogP) is 6.72. The van der Waals surface area contributed by atoms with Gasteiger partial charge < -0.3 is 0 Å². The molecule has 27 heavy (non-hydrogen) atoms. The van der Waals surface area contributed by atoms with Gasteiger partial charge in [-0.15, -0.1) is 0 Å². The third-order valence-corrected chi connectivity index (χ3v) is 21.6. The van der Waals surface area contributed by atoms with Crippen molar-refractivity contribution in [2.45, 2.75) is 72.6 Å². The molecule has 0 aliphatic heterocycles. The average molecular weight is 613 g/mol. The van der Waals surface area contributed by atoms with Crippen molar-refractivity contribution in [2.75, 3.05) is 0 Å². The van der Waals surface area contributed by atoms with Gasteiger partial charge in [-0.2, -0.15) is 0 Å². The van der Waals surface area contributed by atoms with Crippen molar-refractivity contribution in [3.8, 4) is 5.69 Å². The standard InChI is InChI=1S/C8H3ClFIN3.3C4H9.Sn/c9-5-1-2-6(8(11)7(5)10)14-4-3-12-13-14;3*1-3-4-2;/h1-2,4H;3*1,3-4H2,2H3;. The van der Waals surface area contributed by atoms with Gasteiger partial charge >= 0.3 is 187 Å². The molecule has 0 spiro atoms. The van der Waals surface area contributed by atoms with Crippen LogP contribution in [0.5, 0.6) is 0 Å². The van der Waals surface area contributed by atoms with Crippen LogP contribution in [0.3, 0.4) is 0 Å². The summed E-state index contributed by atoms with van der Waals surface area (Å²) in [6.07, 6.45) is 9.63. The molecule has 0 saturated carbocycles. The summed E-state index contributed by atoms with van der Waals surface area (Å²) in [5.41, 5.74) is 0.720. The Morgan fingerprint density at radius 3 is 2.11 bits per heavy atom. The Bertz CT molecular complexity index is 716. The summed E-state index contributed by atoms with van der Waals surface area (Å²) in [6, 6.07) is 3.42. The van der Waals surface area contributed by atoms with E-state index in [1.165, 1.54) is 55.5 Å². The van der Waals surface area contributed by atoms with Crippen LogP contribution >= 0.6 is 34.2 Å². The summed E-state index contributed by atoms with van der Waals surface area (Å²) in [4.78, 5) is 0. The van der Waals surface area contributed by atoms with Crippen molar-refractivity contribution in [1.82, 2.24) is 15.0 Å². The number of hydrogen-bond acceptors (Lipinski definition) is 2. The second kappa shape index (κ2) is 11.3. The van der Waals surface area contributed by atoms with Crippen molar-refractivity contribution < 1.29 is 4.39 Å². The Morgan fingerprint density at radius 2 is 1.59 bits per heavy atom. The number of benzene rings is 1. The van der Waals surface area contributed by atoms with Crippen molar-refractivity contribution in [3.63, 3.8) is 0 Å². The summed E-state index contributed by atoms with van der Waals surface area (Å²) in [5.74, 6) is -0.385. The van der Waals surface area contributed by atoms with Gasteiger partial charge in [0.05, 0.1) is 0 Å². The van der Waals surface area contributed by atoms with E-state index in [2.05, 4.69) is 37.3 Å². The van der Waals surface area contributed by atoms with E-state index in [4.69, 9.17) is 11.6 Å². The molecule has 1 aromatic carbocycles. The van der Waals surface area contributed by atoms with Crippen LogP contribution in [-0.4, -0.2) is 33.4 Å². The van der Waals surface area contributed by atoms with Gasteiger partial charge in [0.1, 0.15) is 0 Å². The quantitative estimate of drug-likeness (QED) is 0.160. The molecule has 150 valence electrons. The van der Waals surface area contributed by atoms with Gasteiger partial charge in [-0.1, -0.05) is 0 Å². The Morgan fingerprint density at radius 1 is 1.04 bits per heavy atom. The maximum absolute atomic E-state index is 14.2. The molecule has 1 heterocycles. The summed E-state index contributed by atoms with van der Waals surface area (Å²) < 4.78 is 21.8. The van der Waals surface area contributed by atoms with Crippen LogP contribution in [0.15, 0.2) is 18.3 Å². The van der Waals surface area contributed by atoms with Gasteiger partial charge in [-0.05, 0) is 0 Å². The number of unbranched alkanes of at least 4 members (excludes halogenated alkanes) is 3. The molecule has 0 aliphatic rings. The van der Waals surface area contributed by atoms with Crippen LogP contribution < -0.4 is 3.71 Å². The van der Waals surface area contributed by atoms with E-state index in [1.807, 2.05) is 28.7 Å². The van der Waals surface area contributed by atoms with E-state index in [-0.39, 0.29) is 10.8 Å². The van der Waals surface area contributed by atoms with Crippen LogP contribution in [0.2, 0.25) is 18.3 Å². The van der Waals surface area contributed by atoms with Gasteiger partial charge in [0.15, 0.2) is 0 Å². The van der Waals surface area contributed by atoms with Crippen LogP contribution in [0, 0.1) is 9.39 Å². The molecule has 2 rings (SSSR count). The molecule has 0 bridgehead atoms. The molecule has 0 aliphatic carbocycles. The Labute approximate surface area is 185 Å². The minimum absolute atomic E-state index is 0.144. The molecule has 0 unspecified atom stereocenters. The van der Waals surface area contributed by atoms with Crippen LogP contribution in [0.4, 0.5) is 4.39 Å². The SMILES string of the molecule is CCC[CH2][Sn]([CH2]CCC)([CH2]CCC)[c]1cn(-c2ccc(Cl)c(F)c2I)nn1. The minimum atomic E-state index is -2.61. The van der Waals surface area contributed by atoms with Crippen molar-refractivity contribution in [3.05, 3.63) is 32.7 Å². The fourth-order valence-electron chi connectivity index (χ4n) is 3.62. The molecule has 2 aromatic rings. The second-order valence-electron chi connectivity index (χ2n) is 7.33. The summed E-state index contributed by atoms with van der Waals surface area (Å²) in [5, 5.41) is 9.22. The van der Waals surface area contributed by atoms with Gasteiger partial charge in [0.25, 0.3) is 0 Å². The zero-order chi connectivity index (χ0) is 19.9. The number of nitrogens with zero attached hydrogens (tertiary/aromatic N) is 3. The summed E-state index contributed by atoms with van der Waals surface area (Å²) >= 11 is 5.30. The molecule has 0 saturated heterocycles.